The maximum Gasteiger partial charge on any atom is 0.308 e. The smallest absolute Gasteiger partial charge is 0.308 e. The highest BCUT2D eigenvalue weighted by molar-refractivity contribution is 6.24. The van der Waals surface area contributed by atoms with Crippen LogP contribution in [0.4, 0.5) is 40.3 Å². The van der Waals surface area contributed by atoms with E-state index in [1.165, 1.54) is 97.1 Å². The van der Waals surface area contributed by atoms with Gasteiger partial charge in [0.2, 0.25) is 0 Å². The molecule has 0 bridgehead atoms. The predicted octanol–water partition coefficient (Wildman–Crippen LogP) is 1.08. The monoisotopic (exact) mass is 630 g/mol. The SMILES string of the molecule is N#[N+]Nc1ccc(F)cc1.N#[N+]Nc1ccc(F)cc1.N#[N+]Nc1ccc(F)cc1.N#[N+]Nc1ccc(F)cc1.[F-].[O-]B([O-])[O-]. The largest absolute Gasteiger partial charge is 1.00 e. The molecule has 21 heteroatoms. The van der Waals surface area contributed by atoms with E-state index in [1.807, 2.05) is 0 Å². The first-order chi connectivity index (χ1) is 21.0. The fraction of sp³-hybridized carbons (Fsp3) is 0. The van der Waals surface area contributed by atoms with Crippen molar-refractivity contribution < 1.29 is 37.3 Å². The fourth-order valence-electron chi connectivity index (χ4n) is 2.33. The second-order valence-corrected chi connectivity index (χ2v) is 7.16. The molecule has 0 atom stereocenters. The van der Waals surface area contributed by atoms with Crippen LogP contribution in [0.15, 0.2) is 97.1 Å². The first kappa shape index (κ1) is 40.5. The molecule has 0 heterocycles. The van der Waals surface area contributed by atoms with Gasteiger partial charge in [0.05, 0.1) is 0 Å². The number of halogens is 5. The number of nitrogens with one attached hydrogen (secondary N) is 4. The van der Waals surface area contributed by atoms with Crippen molar-refractivity contribution in [2.75, 3.05) is 21.7 Å². The van der Waals surface area contributed by atoms with Crippen molar-refractivity contribution >= 4 is 30.1 Å². The summed E-state index contributed by atoms with van der Waals surface area (Å²) < 4.78 is 48.8. The summed E-state index contributed by atoms with van der Waals surface area (Å²) in [6.45, 7) is 0. The first-order valence-electron chi connectivity index (χ1n) is 11.4. The van der Waals surface area contributed by atoms with Crippen LogP contribution < -0.4 is 41.5 Å². The third-order valence-corrected chi connectivity index (χ3v) is 4.09. The Morgan fingerprint density at radius 2 is 0.533 bits per heavy atom. The number of anilines is 4. The lowest BCUT2D eigenvalue weighted by Crippen LogP contribution is -3.00. The summed E-state index contributed by atoms with van der Waals surface area (Å²) in [4.78, 5) is 0. The molecule has 4 aromatic rings. The number of rotatable bonds is 4. The topological polar surface area (TPSA) is 230 Å². The van der Waals surface area contributed by atoms with Crippen molar-refractivity contribution in [3.05, 3.63) is 141 Å². The van der Waals surface area contributed by atoms with Crippen LogP contribution in [-0.2, 0) is 0 Å². The zero-order valence-corrected chi connectivity index (χ0v) is 22.5. The standard InChI is InChI=1S/4C6H5FN3.BO3.FH/c4*7-5-1-3-6(4-2-5)9-10-8;2-1(3)4;/h4*1-4,9H;;1H/q4*+1;-3;/p-1. The first-order valence-corrected chi connectivity index (χ1v) is 11.4. The Morgan fingerprint density at radius 3 is 0.644 bits per heavy atom. The molecule has 0 saturated carbocycles. The van der Waals surface area contributed by atoms with E-state index >= 15 is 0 Å². The summed E-state index contributed by atoms with van der Waals surface area (Å²) in [6, 6.07) is 21.9. The van der Waals surface area contributed by atoms with Gasteiger partial charge in [-0.25, -0.2) is 17.6 Å². The fourth-order valence-corrected chi connectivity index (χ4v) is 2.33. The summed E-state index contributed by atoms with van der Waals surface area (Å²) in [6.07, 6.45) is 0. The lowest BCUT2D eigenvalue weighted by Gasteiger charge is -2.35. The average molecular weight is 630 g/mol. The zero-order chi connectivity index (χ0) is 33.2. The summed E-state index contributed by atoms with van der Waals surface area (Å²) >= 11 is 0. The van der Waals surface area contributed by atoms with E-state index in [-0.39, 0.29) is 28.0 Å². The van der Waals surface area contributed by atoms with Crippen LogP contribution in [0, 0.1) is 44.8 Å². The molecular weight excluding hydrogens is 610 g/mol. The molecule has 0 spiro atoms. The van der Waals surface area contributed by atoms with E-state index in [0.717, 1.165) is 0 Å². The Hall–Kier alpha value is -6.65. The maximum atomic E-state index is 12.2. The van der Waals surface area contributed by atoms with E-state index < -0.39 is 7.32 Å². The van der Waals surface area contributed by atoms with Gasteiger partial charge in [0.25, 0.3) is 21.6 Å². The van der Waals surface area contributed by atoms with Crippen molar-refractivity contribution in [3.8, 4) is 0 Å². The number of hydrogen-bond donors (Lipinski definition) is 4. The Morgan fingerprint density at radius 1 is 0.400 bits per heavy atom. The molecule has 0 aromatic heterocycles. The molecule has 0 aliphatic rings. The molecule has 0 radical (unpaired) electrons. The van der Waals surface area contributed by atoms with Gasteiger partial charge in [-0.1, -0.05) is 0 Å². The summed E-state index contributed by atoms with van der Waals surface area (Å²) in [5.74, 6) is -1.26. The van der Waals surface area contributed by atoms with Gasteiger partial charge in [-0.3, -0.25) is 7.32 Å². The van der Waals surface area contributed by atoms with Gasteiger partial charge in [-0.05, 0) is 119 Å². The molecule has 15 nitrogen and oxygen atoms in total. The quantitative estimate of drug-likeness (QED) is 0.108. The summed E-state index contributed by atoms with van der Waals surface area (Å²) in [5.41, 5.74) is 11.2. The van der Waals surface area contributed by atoms with Crippen molar-refractivity contribution in [1.82, 2.24) is 0 Å². The van der Waals surface area contributed by atoms with E-state index in [2.05, 4.69) is 42.0 Å². The second kappa shape index (κ2) is 25.1. The lowest BCUT2D eigenvalue weighted by molar-refractivity contribution is -0.479. The minimum absolute atomic E-state index is 0. The molecule has 0 unspecified atom stereocenters. The molecule has 0 amide bonds. The van der Waals surface area contributed by atoms with Crippen molar-refractivity contribution in [2.45, 2.75) is 0 Å². The molecule has 0 saturated heterocycles. The highest BCUT2D eigenvalue weighted by Gasteiger charge is 1.97. The van der Waals surface area contributed by atoms with Crippen LogP contribution in [0.5, 0.6) is 0 Å². The van der Waals surface area contributed by atoms with E-state index in [0.29, 0.717) is 22.7 Å². The Kier molecular flexibility index (Phi) is 22.6. The second-order valence-electron chi connectivity index (χ2n) is 7.16. The highest BCUT2D eigenvalue weighted by atomic mass is 19.1. The van der Waals surface area contributed by atoms with Crippen molar-refractivity contribution in [1.29, 1.82) is 21.6 Å². The van der Waals surface area contributed by atoms with E-state index in [4.69, 9.17) is 36.6 Å². The normalized spacial score (nSPS) is 8.07. The van der Waals surface area contributed by atoms with Crippen LogP contribution in [0.1, 0.15) is 0 Å². The molecule has 232 valence electrons. The Bertz CT molecular complexity index is 1300. The molecular formula is C24H20BF5N12O3. The van der Waals surface area contributed by atoms with Crippen molar-refractivity contribution in [3.63, 3.8) is 0 Å². The molecule has 4 aromatic carbocycles. The molecule has 0 fully saturated rings. The van der Waals surface area contributed by atoms with Crippen LogP contribution in [0.3, 0.4) is 0 Å². The van der Waals surface area contributed by atoms with E-state index in [1.54, 1.807) is 0 Å². The maximum absolute atomic E-state index is 12.2. The van der Waals surface area contributed by atoms with E-state index in [9.17, 15) is 17.6 Å². The molecule has 0 aliphatic heterocycles. The molecule has 45 heavy (non-hydrogen) atoms. The van der Waals surface area contributed by atoms with Gasteiger partial charge in [0, 0.05) is 0 Å². The van der Waals surface area contributed by atoms with Crippen LogP contribution >= 0.6 is 0 Å². The van der Waals surface area contributed by atoms with Crippen LogP contribution in [0.25, 0.3) is 20.3 Å². The minimum Gasteiger partial charge on any atom is -1.00 e. The van der Waals surface area contributed by atoms with Gasteiger partial charge in [0.1, 0.15) is 46.0 Å². The number of benzene rings is 4. The number of nitrogens with zero attached hydrogens (tertiary/aromatic N) is 8. The Labute approximate surface area is 251 Å². The van der Waals surface area contributed by atoms with Gasteiger partial charge in [-0.2, -0.15) is 0 Å². The van der Waals surface area contributed by atoms with Crippen LogP contribution in [-0.4, -0.2) is 7.32 Å². The lowest BCUT2D eigenvalue weighted by atomic mass is 10.3. The third kappa shape index (κ3) is 22.7. The minimum atomic E-state index is -2.92. The third-order valence-electron chi connectivity index (χ3n) is 4.09. The van der Waals surface area contributed by atoms with Gasteiger partial charge < -0.3 is 19.8 Å². The zero-order valence-electron chi connectivity index (χ0n) is 22.5. The molecule has 0 aliphatic carbocycles. The van der Waals surface area contributed by atoms with Crippen LogP contribution in [0.2, 0.25) is 0 Å². The molecule has 4 N–H and O–H groups in total. The van der Waals surface area contributed by atoms with Gasteiger partial charge >= 0.3 is 20.3 Å². The number of hydrogen-bond acceptors (Lipinski definition) is 11. The summed E-state index contributed by atoms with van der Waals surface area (Å²) in [7, 11) is -2.92. The molecule has 4 rings (SSSR count). The number of diazo groups is 4. The predicted molar refractivity (Wildman–Crippen MR) is 146 cm³/mol. The Balaban J connectivity index is 0. The van der Waals surface area contributed by atoms with Gasteiger partial charge in [0.15, 0.2) is 0 Å². The van der Waals surface area contributed by atoms with Gasteiger partial charge in [-0.15, -0.1) is 0 Å². The average Bonchev–Trinajstić information content (AvgIpc) is 2.99. The highest BCUT2D eigenvalue weighted by Crippen LogP contribution is 2.09. The summed E-state index contributed by atoms with van der Waals surface area (Å²) in [5, 5.41) is 67.9. The van der Waals surface area contributed by atoms with Crippen molar-refractivity contribution in [2.24, 2.45) is 0 Å².